The van der Waals surface area contributed by atoms with Crippen molar-refractivity contribution in [2.24, 2.45) is 11.8 Å². The number of amides is 1. The van der Waals surface area contributed by atoms with E-state index in [1.54, 1.807) is 23.1 Å². The van der Waals surface area contributed by atoms with Crippen molar-refractivity contribution in [1.29, 1.82) is 0 Å². The van der Waals surface area contributed by atoms with Gasteiger partial charge in [-0.15, -0.1) is 0 Å². The van der Waals surface area contributed by atoms with Crippen molar-refractivity contribution in [3.63, 3.8) is 0 Å². The smallest absolute Gasteiger partial charge is 0.419 e. The second-order valence-corrected chi connectivity index (χ2v) is 7.44. The Kier molecular flexibility index (Phi) is 5.17. The molecule has 4 rings (SSSR count). The molecule has 3 heterocycles. The molecule has 2 aromatic rings. The molecule has 0 aliphatic carbocycles. The third kappa shape index (κ3) is 3.61. The van der Waals surface area contributed by atoms with Crippen LogP contribution in [0.3, 0.4) is 0 Å². The number of halogens is 3. The fourth-order valence-corrected chi connectivity index (χ4v) is 4.17. The van der Waals surface area contributed by atoms with Gasteiger partial charge in [0.2, 0.25) is 5.95 Å². The van der Waals surface area contributed by atoms with Crippen LogP contribution in [0.25, 0.3) is 0 Å². The van der Waals surface area contributed by atoms with Gasteiger partial charge in [0, 0.05) is 50.4 Å². The minimum absolute atomic E-state index is 0.156. The van der Waals surface area contributed by atoms with Crippen LogP contribution in [-0.4, -0.2) is 61.2 Å². The molecule has 7 nitrogen and oxygen atoms in total. The van der Waals surface area contributed by atoms with Crippen molar-refractivity contribution in [2.75, 3.05) is 45.3 Å². The van der Waals surface area contributed by atoms with Gasteiger partial charge in [0.1, 0.15) is 17.1 Å². The number of aromatic nitrogens is 2. The van der Waals surface area contributed by atoms with Crippen LogP contribution >= 0.6 is 0 Å². The Morgan fingerprint density at radius 1 is 1.00 bits per heavy atom. The molecule has 2 atom stereocenters. The molecular weight excluding hydrogens is 401 g/mol. The van der Waals surface area contributed by atoms with E-state index in [4.69, 9.17) is 9.47 Å². The van der Waals surface area contributed by atoms with Crippen LogP contribution < -0.4 is 14.4 Å². The second kappa shape index (κ2) is 7.66. The van der Waals surface area contributed by atoms with Crippen LogP contribution in [0.4, 0.5) is 19.1 Å². The third-order valence-electron chi connectivity index (χ3n) is 5.66. The van der Waals surface area contributed by atoms with Gasteiger partial charge in [0.15, 0.2) is 0 Å². The quantitative estimate of drug-likeness (QED) is 0.755. The minimum atomic E-state index is -4.46. The van der Waals surface area contributed by atoms with Gasteiger partial charge in [-0.05, 0) is 12.1 Å². The summed E-state index contributed by atoms with van der Waals surface area (Å²) in [7, 11) is 3.01. The fraction of sp³-hybridized carbons (Fsp3) is 0.450. The lowest BCUT2D eigenvalue weighted by molar-refractivity contribution is -0.138. The molecule has 0 N–H and O–H groups in total. The zero-order valence-electron chi connectivity index (χ0n) is 16.5. The molecule has 2 aliphatic heterocycles. The Labute approximate surface area is 171 Å². The summed E-state index contributed by atoms with van der Waals surface area (Å²) in [6, 6.07) is 5.20. The fourth-order valence-electron chi connectivity index (χ4n) is 4.17. The number of ether oxygens (including phenoxy) is 2. The molecule has 2 fully saturated rings. The summed E-state index contributed by atoms with van der Waals surface area (Å²) in [5.41, 5.74) is -0.474. The molecule has 1 amide bonds. The van der Waals surface area contributed by atoms with Crippen molar-refractivity contribution in [1.82, 2.24) is 14.9 Å². The molecule has 2 saturated heterocycles. The maximum atomic E-state index is 13.1. The van der Waals surface area contributed by atoms with E-state index in [0.29, 0.717) is 43.2 Å². The Bertz CT molecular complexity index is 900. The molecule has 2 unspecified atom stereocenters. The van der Waals surface area contributed by atoms with E-state index in [2.05, 4.69) is 9.97 Å². The number of anilines is 1. The summed E-state index contributed by atoms with van der Waals surface area (Å²) in [4.78, 5) is 24.6. The van der Waals surface area contributed by atoms with Crippen LogP contribution in [0, 0.1) is 11.8 Å². The predicted molar refractivity (Wildman–Crippen MR) is 102 cm³/mol. The van der Waals surface area contributed by atoms with E-state index < -0.39 is 11.7 Å². The van der Waals surface area contributed by atoms with E-state index in [1.165, 1.54) is 14.2 Å². The van der Waals surface area contributed by atoms with Crippen molar-refractivity contribution < 1.29 is 27.4 Å². The van der Waals surface area contributed by atoms with E-state index >= 15 is 0 Å². The summed E-state index contributed by atoms with van der Waals surface area (Å²) < 4.78 is 48.8. The highest BCUT2D eigenvalue weighted by Crippen LogP contribution is 2.36. The first-order chi connectivity index (χ1) is 14.3. The van der Waals surface area contributed by atoms with Gasteiger partial charge in [-0.2, -0.15) is 13.2 Å². The highest BCUT2D eigenvalue weighted by Gasteiger charge is 2.43. The lowest BCUT2D eigenvalue weighted by Gasteiger charge is -2.23. The van der Waals surface area contributed by atoms with Crippen molar-refractivity contribution in [2.45, 2.75) is 6.18 Å². The molecule has 30 heavy (non-hydrogen) atoms. The molecule has 10 heteroatoms. The van der Waals surface area contributed by atoms with Crippen LogP contribution in [-0.2, 0) is 6.18 Å². The highest BCUT2D eigenvalue weighted by molar-refractivity contribution is 6.00. The zero-order valence-corrected chi connectivity index (χ0v) is 16.5. The van der Waals surface area contributed by atoms with Crippen molar-refractivity contribution >= 4 is 11.9 Å². The number of carbonyl (C=O) groups is 1. The van der Waals surface area contributed by atoms with Crippen molar-refractivity contribution in [3.05, 3.63) is 41.7 Å². The Morgan fingerprint density at radius 3 is 2.00 bits per heavy atom. The Balaban J connectivity index is 1.45. The summed E-state index contributed by atoms with van der Waals surface area (Å²) in [6.07, 6.45) is -2.85. The number of hydrogen-bond acceptors (Lipinski definition) is 6. The summed E-state index contributed by atoms with van der Waals surface area (Å²) >= 11 is 0. The lowest BCUT2D eigenvalue weighted by Crippen LogP contribution is -2.34. The first-order valence-corrected chi connectivity index (χ1v) is 9.46. The van der Waals surface area contributed by atoms with Crippen LogP contribution in [0.5, 0.6) is 11.5 Å². The maximum absolute atomic E-state index is 13.1. The van der Waals surface area contributed by atoms with Crippen LogP contribution in [0.15, 0.2) is 30.6 Å². The average molecular weight is 422 g/mol. The topological polar surface area (TPSA) is 67.8 Å². The number of carbonyl (C=O) groups excluding carboxylic acids is 1. The lowest BCUT2D eigenvalue weighted by atomic mass is 10.0. The zero-order chi connectivity index (χ0) is 21.5. The number of likely N-dealkylation sites (tertiary alicyclic amines) is 1. The Morgan fingerprint density at radius 2 is 1.53 bits per heavy atom. The van der Waals surface area contributed by atoms with E-state index in [0.717, 1.165) is 12.4 Å². The summed E-state index contributed by atoms with van der Waals surface area (Å²) in [5, 5.41) is 0. The van der Waals surface area contributed by atoms with Gasteiger partial charge in [0.25, 0.3) is 5.91 Å². The number of methoxy groups -OCH3 is 2. The molecule has 160 valence electrons. The Hall–Kier alpha value is -3.04. The number of benzene rings is 1. The van der Waals surface area contributed by atoms with E-state index in [9.17, 15) is 18.0 Å². The molecule has 0 radical (unpaired) electrons. The predicted octanol–water partition coefficient (Wildman–Crippen LogP) is 2.72. The van der Waals surface area contributed by atoms with Gasteiger partial charge in [-0.3, -0.25) is 4.79 Å². The normalized spacial score (nSPS) is 21.0. The number of alkyl halides is 3. The van der Waals surface area contributed by atoms with Crippen molar-refractivity contribution in [3.8, 4) is 11.5 Å². The molecular formula is C20H21F3N4O3. The number of nitrogens with zero attached hydrogens (tertiary/aromatic N) is 4. The van der Waals surface area contributed by atoms with E-state index in [1.807, 2.05) is 4.90 Å². The van der Waals surface area contributed by atoms with E-state index in [-0.39, 0.29) is 23.7 Å². The molecule has 0 saturated carbocycles. The third-order valence-corrected chi connectivity index (χ3v) is 5.66. The highest BCUT2D eigenvalue weighted by atomic mass is 19.4. The standard InChI is InChI=1S/C20H21F3N4O3/c1-29-15-4-3-5-16(30-2)17(15)18(28)26-8-12-10-27(11-13(12)9-26)19-24-6-14(7-25-19)20(21,22)23/h3-7,12-13H,8-11H2,1-2H3. The number of rotatable bonds is 4. The average Bonchev–Trinajstić information content (AvgIpc) is 3.31. The largest absolute Gasteiger partial charge is 0.496 e. The summed E-state index contributed by atoms with van der Waals surface area (Å²) in [6.45, 7) is 2.26. The van der Waals surface area contributed by atoms with Gasteiger partial charge in [-0.1, -0.05) is 6.07 Å². The van der Waals surface area contributed by atoms with Crippen LogP contribution in [0.2, 0.25) is 0 Å². The first-order valence-electron chi connectivity index (χ1n) is 9.46. The molecule has 1 aromatic heterocycles. The molecule has 2 aliphatic rings. The number of fused-ring (bicyclic) bond motifs is 1. The van der Waals surface area contributed by atoms with Gasteiger partial charge >= 0.3 is 6.18 Å². The van der Waals surface area contributed by atoms with Gasteiger partial charge < -0.3 is 19.3 Å². The molecule has 0 bridgehead atoms. The number of hydrogen-bond donors (Lipinski definition) is 0. The molecule has 1 aromatic carbocycles. The second-order valence-electron chi connectivity index (χ2n) is 7.44. The molecule has 0 spiro atoms. The maximum Gasteiger partial charge on any atom is 0.419 e. The SMILES string of the molecule is COc1cccc(OC)c1C(=O)N1CC2CN(c3ncc(C(F)(F)F)cn3)CC2C1. The van der Waals surface area contributed by atoms with Gasteiger partial charge in [0.05, 0.1) is 19.8 Å². The summed E-state index contributed by atoms with van der Waals surface area (Å²) in [5.74, 6) is 1.42. The monoisotopic (exact) mass is 422 g/mol. The first kappa shape index (κ1) is 20.2. The van der Waals surface area contributed by atoms with Crippen LogP contribution in [0.1, 0.15) is 15.9 Å². The van der Waals surface area contributed by atoms with Gasteiger partial charge in [-0.25, -0.2) is 9.97 Å². The minimum Gasteiger partial charge on any atom is -0.496 e.